The summed E-state index contributed by atoms with van der Waals surface area (Å²) in [6.07, 6.45) is 0. The van der Waals surface area contributed by atoms with Crippen molar-refractivity contribution >= 4 is 5.82 Å². The van der Waals surface area contributed by atoms with E-state index in [9.17, 15) is 4.39 Å². The van der Waals surface area contributed by atoms with Crippen molar-refractivity contribution in [3.63, 3.8) is 0 Å². The number of nitrogens with two attached hydrogens (primary N) is 1. The van der Waals surface area contributed by atoms with Crippen molar-refractivity contribution in [3.8, 4) is 11.3 Å². The highest BCUT2D eigenvalue weighted by molar-refractivity contribution is 5.65. The number of hydrogen-bond acceptors (Lipinski definition) is 3. The van der Waals surface area contributed by atoms with E-state index >= 15 is 0 Å². The summed E-state index contributed by atoms with van der Waals surface area (Å²) in [5.74, 6) is 0.782. The van der Waals surface area contributed by atoms with Crippen LogP contribution in [0.5, 0.6) is 0 Å². The lowest BCUT2D eigenvalue weighted by atomic mass is 10.1. The van der Waals surface area contributed by atoms with Crippen LogP contribution in [0, 0.1) is 19.7 Å². The molecule has 2 N–H and O–H groups in total. The molecule has 1 aromatic heterocycles. The minimum absolute atomic E-state index is 0.250. The zero-order valence-electron chi connectivity index (χ0n) is 9.16. The number of aryl methyl sites for hydroxylation is 2. The molecule has 0 atom stereocenters. The highest BCUT2D eigenvalue weighted by atomic mass is 19.1. The summed E-state index contributed by atoms with van der Waals surface area (Å²) in [5.41, 5.74) is 8.08. The van der Waals surface area contributed by atoms with Gasteiger partial charge in [0.25, 0.3) is 0 Å². The lowest BCUT2D eigenvalue weighted by Gasteiger charge is -2.06. The van der Waals surface area contributed by atoms with Crippen molar-refractivity contribution in [2.75, 3.05) is 5.73 Å². The second kappa shape index (κ2) is 3.89. The molecule has 0 amide bonds. The highest BCUT2D eigenvalue weighted by Gasteiger charge is 2.06. The smallest absolute Gasteiger partial charge is 0.128 e. The summed E-state index contributed by atoms with van der Waals surface area (Å²) >= 11 is 0. The molecule has 0 aliphatic carbocycles. The molecule has 0 spiro atoms. The number of aromatic nitrogens is 2. The van der Waals surface area contributed by atoms with Gasteiger partial charge in [-0.25, -0.2) is 14.4 Å². The number of rotatable bonds is 1. The van der Waals surface area contributed by atoms with Crippen LogP contribution in [0.15, 0.2) is 24.3 Å². The maximum Gasteiger partial charge on any atom is 0.128 e. The Bertz CT molecular complexity index is 518. The first kappa shape index (κ1) is 10.5. The van der Waals surface area contributed by atoms with Gasteiger partial charge < -0.3 is 5.73 Å². The van der Waals surface area contributed by atoms with Crippen LogP contribution in [0.25, 0.3) is 11.3 Å². The van der Waals surface area contributed by atoms with Gasteiger partial charge in [-0.15, -0.1) is 0 Å². The van der Waals surface area contributed by atoms with Crippen LogP contribution in [0.3, 0.4) is 0 Å². The Morgan fingerprint density at radius 1 is 1.12 bits per heavy atom. The van der Waals surface area contributed by atoms with Gasteiger partial charge in [0.15, 0.2) is 0 Å². The highest BCUT2D eigenvalue weighted by Crippen LogP contribution is 2.23. The molecule has 2 rings (SSSR count). The van der Waals surface area contributed by atoms with E-state index in [1.165, 1.54) is 12.1 Å². The third-order valence-electron chi connectivity index (χ3n) is 2.32. The number of anilines is 1. The van der Waals surface area contributed by atoms with Crippen molar-refractivity contribution in [3.05, 3.63) is 41.5 Å². The molecule has 0 aliphatic heterocycles. The molecular formula is C12H12FN3. The largest absolute Gasteiger partial charge is 0.384 e. The van der Waals surface area contributed by atoms with Crippen LogP contribution in [0.4, 0.5) is 10.2 Å². The van der Waals surface area contributed by atoms with Crippen molar-refractivity contribution in [2.45, 2.75) is 13.8 Å². The molecule has 4 heteroatoms. The Morgan fingerprint density at radius 3 is 2.50 bits per heavy atom. The van der Waals surface area contributed by atoms with Crippen LogP contribution >= 0.6 is 0 Å². The average molecular weight is 217 g/mol. The summed E-state index contributed by atoms with van der Waals surface area (Å²) in [7, 11) is 0. The predicted octanol–water partition coefficient (Wildman–Crippen LogP) is 2.48. The molecule has 16 heavy (non-hydrogen) atoms. The van der Waals surface area contributed by atoms with E-state index in [2.05, 4.69) is 9.97 Å². The van der Waals surface area contributed by atoms with E-state index in [-0.39, 0.29) is 5.82 Å². The van der Waals surface area contributed by atoms with E-state index in [0.717, 1.165) is 16.8 Å². The summed E-state index contributed by atoms with van der Waals surface area (Å²) < 4.78 is 13.0. The molecule has 3 nitrogen and oxygen atoms in total. The first-order valence-electron chi connectivity index (χ1n) is 4.94. The SMILES string of the molecule is Cc1nc(N)cc(-c2ccc(F)cc2C)n1. The van der Waals surface area contributed by atoms with Gasteiger partial charge in [0.05, 0.1) is 5.69 Å². The van der Waals surface area contributed by atoms with Crippen LogP contribution < -0.4 is 5.73 Å². The standard InChI is InChI=1S/C12H12FN3/c1-7-5-9(13)3-4-10(7)11-6-12(14)16-8(2)15-11/h3-6H,1-2H3,(H2,14,15,16). The minimum Gasteiger partial charge on any atom is -0.384 e. The molecule has 2 aromatic rings. The zero-order valence-corrected chi connectivity index (χ0v) is 9.16. The van der Waals surface area contributed by atoms with E-state index in [0.29, 0.717) is 11.6 Å². The Morgan fingerprint density at radius 2 is 1.88 bits per heavy atom. The third-order valence-corrected chi connectivity index (χ3v) is 2.32. The fraction of sp³-hybridized carbons (Fsp3) is 0.167. The summed E-state index contributed by atoms with van der Waals surface area (Å²) in [6, 6.07) is 6.28. The summed E-state index contributed by atoms with van der Waals surface area (Å²) in [5, 5.41) is 0. The Hall–Kier alpha value is -1.97. The van der Waals surface area contributed by atoms with Crippen LogP contribution in [0.2, 0.25) is 0 Å². The molecule has 0 saturated carbocycles. The molecule has 0 unspecified atom stereocenters. The van der Waals surface area contributed by atoms with E-state index in [1.807, 2.05) is 6.92 Å². The van der Waals surface area contributed by atoms with Crippen molar-refractivity contribution in [1.29, 1.82) is 0 Å². The second-order valence-electron chi connectivity index (χ2n) is 3.68. The molecule has 1 aromatic carbocycles. The zero-order chi connectivity index (χ0) is 11.7. The van der Waals surface area contributed by atoms with Crippen LogP contribution in [-0.2, 0) is 0 Å². The Kier molecular flexibility index (Phi) is 2.56. The van der Waals surface area contributed by atoms with Gasteiger partial charge >= 0.3 is 0 Å². The predicted molar refractivity (Wildman–Crippen MR) is 61.3 cm³/mol. The number of halogens is 1. The maximum absolute atomic E-state index is 13.0. The first-order valence-corrected chi connectivity index (χ1v) is 4.94. The van der Waals surface area contributed by atoms with Gasteiger partial charge in [0, 0.05) is 11.6 Å². The number of nitrogen functional groups attached to an aromatic ring is 1. The van der Waals surface area contributed by atoms with Gasteiger partial charge in [-0.05, 0) is 37.6 Å². The minimum atomic E-state index is -0.250. The van der Waals surface area contributed by atoms with Crippen LogP contribution in [0.1, 0.15) is 11.4 Å². The quantitative estimate of drug-likeness (QED) is 0.798. The maximum atomic E-state index is 13.0. The van der Waals surface area contributed by atoms with Gasteiger partial charge in [0.2, 0.25) is 0 Å². The van der Waals surface area contributed by atoms with E-state index < -0.39 is 0 Å². The average Bonchev–Trinajstić information content (AvgIpc) is 2.15. The molecule has 0 radical (unpaired) electrons. The van der Waals surface area contributed by atoms with Gasteiger partial charge in [0.1, 0.15) is 17.5 Å². The van der Waals surface area contributed by atoms with Gasteiger partial charge in [-0.1, -0.05) is 0 Å². The molecule has 0 bridgehead atoms. The molecule has 0 fully saturated rings. The monoisotopic (exact) mass is 217 g/mol. The summed E-state index contributed by atoms with van der Waals surface area (Å²) in [6.45, 7) is 3.62. The molecule has 0 aliphatic rings. The van der Waals surface area contributed by atoms with Gasteiger partial charge in [-0.2, -0.15) is 0 Å². The molecule has 1 heterocycles. The number of benzene rings is 1. The fourth-order valence-corrected chi connectivity index (χ4v) is 1.64. The molecule has 0 saturated heterocycles. The Balaban J connectivity index is 2.58. The third kappa shape index (κ3) is 2.00. The number of nitrogens with zero attached hydrogens (tertiary/aromatic N) is 2. The number of hydrogen-bond donors (Lipinski definition) is 1. The van der Waals surface area contributed by atoms with Gasteiger partial charge in [-0.3, -0.25) is 0 Å². The van der Waals surface area contributed by atoms with E-state index in [1.54, 1.807) is 19.1 Å². The van der Waals surface area contributed by atoms with Crippen LogP contribution in [-0.4, -0.2) is 9.97 Å². The molecule has 82 valence electrons. The Labute approximate surface area is 93.2 Å². The van der Waals surface area contributed by atoms with Crippen molar-refractivity contribution < 1.29 is 4.39 Å². The normalized spacial score (nSPS) is 10.4. The molecular weight excluding hydrogens is 205 g/mol. The lowest BCUT2D eigenvalue weighted by Crippen LogP contribution is -1.98. The summed E-state index contributed by atoms with van der Waals surface area (Å²) in [4.78, 5) is 8.28. The van der Waals surface area contributed by atoms with Crippen molar-refractivity contribution in [2.24, 2.45) is 0 Å². The van der Waals surface area contributed by atoms with E-state index in [4.69, 9.17) is 5.73 Å². The lowest BCUT2D eigenvalue weighted by molar-refractivity contribution is 0.627. The topological polar surface area (TPSA) is 51.8 Å². The second-order valence-corrected chi connectivity index (χ2v) is 3.68. The van der Waals surface area contributed by atoms with Crippen molar-refractivity contribution in [1.82, 2.24) is 9.97 Å². The fourth-order valence-electron chi connectivity index (χ4n) is 1.64. The first-order chi connectivity index (χ1) is 7.56.